The first-order valence-electron chi connectivity index (χ1n) is 8.23. The lowest BCUT2D eigenvalue weighted by atomic mass is 10.1. The van der Waals surface area contributed by atoms with Gasteiger partial charge in [-0.05, 0) is 49.9 Å². The van der Waals surface area contributed by atoms with E-state index < -0.39 is 0 Å². The lowest BCUT2D eigenvalue weighted by molar-refractivity contribution is 0.0933. The lowest BCUT2D eigenvalue weighted by Crippen LogP contribution is -2.33. The van der Waals surface area contributed by atoms with E-state index in [-0.39, 0.29) is 5.91 Å². The molecule has 1 aliphatic carbocycles. The van der Waals surface area contributed by atoms with Crippen molar-refractivity contribution < 1.29 is 4.79 Å². The summed E-state index contributed by atoms with van der Waals surface area (Å²) in [6, 6.07) is 10.2. The van der Waals surface area contributed by atoms with Gasteiger partial charge in [-0.15, -0.1) is 0 Å². The van der Waals surface area contributed by atoms with Crippen LogP contribution in [0.2, 0.25) is 0 Å². The van der Waals surface area contributed by atoms with Gasteiger partial charge in [0.15, 0.2) is 0 Å². The van der Waals surface area contributed by atoms with E-state index in [1.165, 1.54) is 24.0 Å². The average Bonchev–Trinajstić information content (AvgIpc) is 3.04. The van der Waals surface area contributed by atoms with Gasteiger partial charge in [-0.25, -0.2) is 0 Å². The molecular formula is C19H23N3O. The van der Waals surface area contributed by atoms with Crippen LogP contribution in [0.25, 0.3) is 0 Å². The predicted octanol–water partition coefficient (Wildman–Crippen LogP) is 4.11. The summed E-state index contributed by atoms with van der Waals surface area (Å²) >= 11 is 0. The summed E-state index contributed by atoms with van der Waals surface area (Å²) in [7, 11) is 0. The maximum Gasteiger partial charge on any atom is 0.270 e. The molecule has 1 amide bonds. The van der Waals surface area contributed by atoms with Gasteiger partial charge in [-0.1, -0.05) is 31.0 Å². The number of rotatable bonds is 4. The fourth-order valence-corrected chi connectivity index (χ4v) is 3.12. The van der Waals surface area contributed by atoms with Crippen molar-refractivity contribution in [1.29, 1.82) is 0 Å². The molecule has 2 N–H and O–H groups in total. The van der Waals surface area contributed by atoms with Crippen LogP contribution in [0.15, 0.2) is 36.5 Å². The molecule has 1 aromatic carbocycles. The van der Waals surface area contributed by atoms with Gasteiger partial charge >= 0.3 is 0 Å². The summed E-state index contributed by atoms with van der Waals surface area (Å²) in [4.78, 5) is 16.6. The summed E-state index contributed by atoms with van der Waals surface area (Å²) < 4.78 is 0. The molecule has 0 saturated heterocycles. The first-order chi connectivity index (χ1) is 11.1. The highest BCUT2D eigenvalue weighted by Gasteiger charge is 2.18. The highest BCUT2D eigenvalue weighted by atomic mass is 16.1. The van der Waals surface area contributed by atoms with Crippen molar-refractivity contribution in [1.82, 2.24) is 10.3 Å². The van der Waals surface area contributed by atoms with Crippen molar-refractivity contribution in [2.45, 2.75) is 45.6 Å². The highest BCUT2D eigenvalue weighted by molar-refractivity contribution is 5.93. The maximum absolute atomic E-state index is 12.3. The van der Waals surface area contributed by atoms with Crippen LogP contribution in [0, 0.1) is 13.8 Å². The average molecular weight is 309 g/mol. The summed E-state index contributed by atoms with van der Waals surface area (Å²) in [6.07, 6.45) is 6.23. The third-order valence-corrected chi connectivity index (χ3v) is 4.43. The van der Waals surface area contributed by atoms with E-state index in [0.29, 0.717) is 11.7 Å². The number of para-hydroxylation sites is 1. The number of pyridine rings is 1. The van der Waals surface area contributed by atoms with E-state index in [1.807, 2.05) is 18.2 Å². The molecule has 1 heterocycles. The molecule has 1 fully saturated rings. The van der Waals surface area contributed by atoms with Crippen LogP contribution in [0.5, 0.6) is 0 Å². The summed E-state index contributed by atoms with van der Waals surface area (Å²) in [5.41, 5.74) is 4.79. The number of hydrogen-bond donors (Lipinski definition) is 2. The van der Waals surface area contributed by atoms with Crippen LogP contribution in [0.4, 0.5) is 11.4 Å². The van der Waals surface area contributed by atoms with Crippen LogP contribution in [-0.2, 0) is 0 Å². The minimum absolute atomic E-state index is 0.0814. The normalized spacial score (nSPS) is 14.7. The van der Waals surface area contributed by atoms with E-state index in [2.05, 4.69) is 41.6 Å². The summed E-state index contributed by atoms with van der Waals surface area (Å²) in [5.74, 6) is -0.0814. The van der Waals surface area contributed by atoms with Gasteiger partial charge in [0.2, 0.25) is 0 Å². The smallest absolute Gasteiger partial charge is 0.270 e. The van der Waals surface area contributed by atoms with Crippen molar-refractivity contribution in [3.63, 3.8) is 0 Å². The first kappa shape index (κ1) is 15.5. The molecule has 3 rings (SSSR count). The van der Waals surface area contributed by atoms with Crippen molar-refractivity contribution in [3.05, 3.63) is 53.3 Å². The number of aryl methyl sites for hydroxylation is 2. The number of benzene rings is 1. The minimum atomic E-state index is -0.0814. The van der Waals surface area contributed by atoms with Crippen molar-refractivity contribution in [2.75, 3.05) is 5.32 Å². The molecule has 0 unspecified atom stereocenters. The fraction of sp³-hybridized carbons (Fsp3) is 0.368. The third kappa shape index (κ3) is 3.70. The molecule has 1 saturated carbocycles. The van der Waals surface area contributed by atoms with Gasteiger partial charge in [0.05, 0.1) is 0 Å². The molecule has 1 aromatic heterocycles. The van der Waals surface area contributed by atoms with Gasteiger partial charge in [0.1, 0.15) is 5.69 Å². The number of anilines is 2. The number of carbonyl (C=O) groups excluding carboxylic acids is 1. The molecule has 0 atom stereocenters. The van der Waals surface area contributed by atoms with E-state index >= 15 is 0 Å². The Hall–Kier alpha value is -2.36. The Morgan fingerprint density at radius 2 is 1.83 bits per heavy atom. The molecule has 0 spiro atoms. The standard InChI is InChI=1S/C19H23N3O/c1-13-6-5-7-14(2)18(13)21-16-10-11-20-17(12-16)19(23)22-15-8-3-4-9-15/h5-7,10-12,15H,3-4,8-9H2,1-2H3,(H,20,21)(H,22,23). The molecule has 4 heteroatoms. The van der Waals surface area contributed by atoms with Crippen LogP contribution < -0.4 is 10.6 Å². The Morgan fingerprint density at radius 1 is 1.13 bits per heavy atom. The fourth-order valence-electron chi connectivity index (χ4n) is 3.12. The molecule has 0 aliphatic heterocycles. The molecule has 120 valence electrons. The van der Waals surface area contributed by atoms with E-state index in [4.69, 9.17) is 0 Å². The lowest BCUT2D eigenvalue weighted by Gasteiger charge is -2.14. The molecule has 4 nitrogen and oxygen atoms in total. The zero-order chi connectivity index (χ0) is 16.2. The molecule has 1 aliphatic rings. The number of nitrogens with one attached hydrogen (secondary N) is 2. The van der Waals surface area contributed by atoms with Crippen molar-refractivity contribution >= 4 is 17.3 Å². The number of nitrogens with zero attached hydrogens (tertiary/aromatic N) is 1. The molecule has 23 heavy (non-hydrogen) atoms. The van der Waals surface area contributed by atoms with Crippen LogP contribution in [0.1, 0.15) is 47.3 Å². The minimum Gasteiger partial charge on any atom is -0.355 e. The van der Waals surface area contributed by atoms with Crippen LogP contribution >= 0.6 is 0 Å². The van der Waals surface area contributed by atoms with Crippen LogP contribution in [-0.4, -0.2) is 16.9 Å². The van der Waals surface area contributed by atoms with E-state index in [0.717, 1.165) is 24.2 Å². The molecule has 0 radical (unpaired) electrons. The number of hydrogen-bond acceptors (Lipinski definition) is 3. The zero-order valence-electron chi connectivity index (χ0n) is 13.7. The van der Waals surface area contributed by atoms with Gasteiger partial charge in [0.25, 0.3) is 5.91 Å². The van der Waals surface area contributed by atoms with Crippen molar-refractivity contribution in [3.8, 4) is 0 Å². The Labute approximate surface area is 137 Å². The van der Waals surface area contributed by atoms with Crippen LogP contribution in [0.3, 0.4) is 0 Å². The summed E-state index contributed by atoms with van der Waals surface area (Å²) in [5, 5.41) is 6.49. The second kappa shape index (κ2) is 6.82. The van der Waals surface area contributed by atoms with Gasteiger partial charge in [-0.3, -0.25) is 9.78 Å². The predicted molar refractivity (Wildman–Crippen MR) is 93.2 cm³/mol. The topological polar surface area (TPSA) is 54.0 Å². The second-order valence-electron chi connectivity index (χ2n) is 6.28. The third-order valence-electron chi connectivity index (χ3n) is 4.43. The SMILES string of the molecule is Cc1cccc(C)c1Nc1ccnc(C(=O)NC2CCCC2)c1. The first-order valence-corrected chi connectivity index (χ1v) is 8.23. The number of carbonyl (C=O) groups is 1. The quantitative estimate of drug-likeness (QED) is 0.893. The second-order valence-corrected chi connectivity index (χ2v) is 6.28. The highest BCUT2D eigenvalue weighted by Crippen LogP contribution is 2.24. The van der Waals surface area contributed by atoms with Gasteiger partial charge < -0.3 is 10.6 Å². The maximum atomic E-state index is 12.3. The number of amides is 1. The Balaban J connectivity index is 1.75. The van der Waals surface area contributed by atoms with E-state index in [9.17, 15) is 4.79 Å². The van der Waals surface area contributed by atoms with E-state index in [1.54, 1.807) is 6.20 Å². The zero-order valence-corrected chi connectivity index (χ0v) is 13.7. The summed E-state index contributed by atoms with van der Waals surface area (Å²) in [6.45, 7) is 4.15. The molecule has 0 bridgehead atoms. The van der Waals surface area contributed by atoms with Crippen molar-refractivity contribution in [2.24, 2.45) is 0 Å². The Kier molecular flexibility index (Phi) is 4.60. The Morgan fingerprint density at radius 3 is 2.52 bits per heavy atom. The molecular weight excluding hydrogens is 286 g/mol. The molecule has 2 aromatic rings. The number of aromatic nitrogens is 1. The van der Waals surface area contributed by atoms with Gasteiger partial charge in [-0.2, -0.15) is 0 Å². The van der Waals surface area contributed by atoms with Gasteiger partial charge in [0, 0.05) is 23.6 Å². The largest absolute Gasteiger partial charge is 0.355 e. The monoisotopic (exact) mass is 309 g/mol. The Bertz CT molecular complexity index is 685.